The number of nitrogens with one attached hydrogen (secondary N) is 1. The van der Waals surface area contributed by atoms with E-state index in [1.165, 1.54) is 7.11 Å². The van der Waals surface area contributed by atoms with Crippen LogP contribution in [-0.2, 0) is 9.47 Å². The van der Waals surface area contributed by atoms with E-state index in [0.29, 0.717) is 25.4 Å². The molecule has 0 radical (unpaired) electrons. The lowest BCUT2D eigenvalue weighted by atomic mass is 9.81. The molecule has 1 saturated heterocycles. The van der Waals surface area contributed by atoms with E-state index < -0.39 is 5.60 Å². The summed E-state index contributed by atoms with van der Waals surface area (Å²) < 4.78 is 31.2. The second-order valence-corrected chi connectivity index (χ2v) is 5.20. The molecular weight excluding hydrogens is 273 g/mol. The first-order chi connectivity index (χ1) is 10.2. The average molecular weight is 297 g/mol. The number of ether oxygens (including phenoxy) is 3. The van der Waals surface area contributed by atoms with Crippen LogP contribution >= 0.6 is 0 Å². The molecule has 1 aliphatic heterocycles. The van der Waals surface area contributed by atoms with E-state index in [1.807, 2.05) is 14.0 Å². The highest BCUT2D eigenvalue weighted by atomic mass is 19.1. The molecule has 21 heavy (non-hydrogen) atoms. The van der Waals surface area contributed by atoms with E-state index in [-0.39, 0.29) is 17.6 Å². The predicted octanol–water partition coefficient (Wildman–Crippen LogP) is 2.68. The fourth-order valence-corrected chi connectivity index (χ4v) is 3.13. The van der Waals surface area contributed by atoms with Gasteiger partial charge in [-0.3, -0.25) is 0 Å². The topological polar surface area (TPSA) is 39.7 Å². The third-order valence-corrected chi connectivity index (χ3v) is 4.11. The fraction of sp³-hybridized carbons (Fsp3) is 0.625. The Kier molecular flexibility index (Phi) is 5.56. The van der Waals surface area contributed by atoms with Gasteiger partial charge in [0.2, 0.25) is 0 Å². The Morgan fingerprint density at radius 1 is 1.38 bits per heavy atom. The van der Waals surface area contributed by atoms with Gasteiger partial charge >= 0.3 is 0 Å². The molecule has 0 spiro atoms. The third kappa shape index (κ3) is 3.20. The molecule has 4 nitrogen and oxygen atoms in total. The van der Waals surface area contributed by atoms with Crippen LogP contribution in [0.1, 0.15) is 31.4 Å². The predicted molar refractivity (Wildman–Crippen MR) is 79.2 cm³/mol. The first-order valence-corrected chi connectivity index (χ1v) is 7.40. The van der Waals surface area contributed by atoms with Crippen LogP contribution in [0, 0.1) is 5.82 Å². The summed E-state index contributed by atoms with van der Waals surface area (Å²) in [6, 6.07) is 4.98. The largest absolute Gasteiger partial charge is 0.494 e. The molecule has 1 aliphatic rings. The maximum atomic E-state index is 14.6. The van der Waals surface area contributed by atoms with Gasteiger partial charge in [-0.1, -0.05) is 12.1 Å². The van der Waals surface area contributed by atoms with Crippen LogP contribution in [0.15, 0.2) is 18.2 Å². The van der Waals surface area contributed by atoms with Gasteiger partial charge in [-0.15, -0.1) is 0 Å². The normalized spacial score (nSPS) is 19.2. The van der Waals surface area contributed by atoms with Crippen molar-refractivity contribution in [2.24, 2.45) is 0 Å². The van der Waals surface area contributed by atoms with Crippen LogP contribution in [0.3, 0.4) is 0 Å². The van der Waals surface area contributed by atoms with Gasteiger partial charge in [-0.25, -0.2) is 4.39 Å². The van der Waals surface area contributed by atoms with E-state index in [9.17, 15) is 4.39 Å². The lowest BCUT2D eigenvalue weighted by Crippen LogP contribution is -2.49. The third-order valence-electron chi connectivity index (χ3n) is 4.11. The lowest BCUT2D eigenvalue weighted by Gasteiger charge is -2.43. The molecule has 1 aromatic carbocycles. The smallest absolute Gasteiger partial charge is 0.169 e. The van der Waals surface area contributed by atoms with Crippen molar-refractivity contribution in [1.82, 2.24) is 5.32 Å². The lowest BCUT2D eigenvalue weighted by molar-refractivity contribution is -0.127. The number of hydrogen-bond acceptors (Lipinski definition) is 4. The maximum Gasteiger partial charge on any atom is 0.169 e. The molecule has 5 heteroatoms. The molecule has 0 saturated carbocycles. The Hall–Kier alpha value is -1.17. The maximum absolute atomic E-state index is 14.6. The molecule has 1 N–H and O–H groups in total. The Morgan fingerprint density at radius 3 is 2.67 bits per heavy atom. The summed E-state index contributed by atoms with van der Waals surface area (Å²) in [6.45, 7) is 3.81. The van der Waals surface area contributed by atoms with Gasteiger partial charge in [0.05, 0.1) is 18.8 Å². The van der Waals surface area contributed by atoms with Gasteiger partial charge in [0.15, 0.2) is 11.6 Å². The molecule has 0 bridgehead atoms. The van der Waals surface area contributed by atoms with E-state index in [4.69, 9.17) is 14.2 Å². The van der Waals surface area contributed by atoms with Crippen LogP contribution in [-0.4, -0.2) is 39.6 Å². The minimum atomic E-state index is -0.449. The molecule has 0 aliphatic carbocycles. The van der Waals surface area contributed by atoms with Crippen molar-refractivity contribution in [1.29, 1.82) is 0 Å². The number of hydrogen-bond donors (Lipinski definition) is 1. The number of likely N-dealkylation sites (N-methyl/N-ethyl adjacent to an activating group) is 1. The van der Waals surface area contributed by atoms with Gasteiger partial charge in [0.1, 0.15) is 0 Å². The van der Waals surface area contributed by atoms with E-state index in [1.54, 1.807) is 18.2 Å². The highest BCUT2D eigenvalue weighted by molar-refractivity contribution is 5.34. The van der Waals surface area contributed by atoms with Crippen molar-refractivity contribution in [2.75, 3.05) is 34.0 Å². The molecule has 1 aromatic rings. The zero-order valence-corrected chi connectivity index (χ0v) is 12.9. The van der Waals surface area contributed by atoms with Crippen LogP contribution in [0.4, 0.5) is 4.39 Å². The molecule has 1 atom stereocenters. The first kappa shape index (κ1) is 16.2. The quantitative estimate of drug-likeness (QED) is 0.876. The Labute approximate surface area is 125 Å². The number of rotatable bonds is 6. The summed E-state index contributed by atoms with van der Waals surface area (Å²) in [7, 11) is 3.31. The monoisotopic (exact) mass is 297 g/mol. The highest BCUT2D eigenvalue weighted by Crippen LogP contribution is 2.39. The summed E-state index contributed by atoms with van der Waals surface area (Å²) in [4.78, 5) is 0. The first-order valence-electron chi connectivity index (χ1n) is 7.40. The van der Waals surface area contributed by atoms with Crippen LogP contribution in [0.5, 0.6) is 5.75 Å². The number of benzene rings is 1. The van der Waals surface area contributed by atoms with E-state index in [0.717, 1.165) is 12.8 Å². The van der Waals surface area contributed by atoms with Gasteiger partial charge in [0.25, 0.3) is 0 Å². The molecule has 1 heterocycles. The highest BCUT2D eigenvalue weighted by Gasteiger charge is 2.42. The summed E-state index contributed by atoms with van der Waals surface area (Å²) in [6.07, 6.45) is 1.48. The van der Waals surface area contributed by atoms with Gasteiger partial charge < -0.3 is 19.5 Å². The number of methoxy groups -OCH3 is 1. The van der Waals surface area contributed by atoms with Crippen molar-refractivity contribution in [3.05, 3.63) is 29.6 Å². The van der Waals surface area contributed by atoms with Gasteiger partial charge in [-0.2, -0.15) is 0 Å². The van der Waals surface area contributed by atoms with Crippen LogP contribution in [0.25, 0.3) is 0 Å². The number of halogens is 1. The Bertz CT molecular complexity index is 455. The molecular formula is C16H24FNO3. The minimum absolute atomic E-state index is 0.239. The summed E-state index contributed by atoms with van der Waals surface area (Å²) >= 11 is 0. The summed E-state index contributed by atoms with van der Waals surface area (Å²) in [5.41, 5.74) is 0.127. The molecule has 1 fully saturated rings. The molecule has 0 amide bonds. The average Bonchev–Trinajstić information content (AvgIpc) is 2.51. The Balaban J connectivity index is 2.41. The molecule has 1 unspecified atom stereocenters. The zero-order valence-electron chi connectivity index (χ0n) is 12.9. The van der Waals surface area contributed by atoms with Crippen LogP contribution < -0.4 is 10.1 Å². The second kappa shape index (κ2) is 7.20. The van der Waals surface area contributed by atoms with E-state index >= 15 is 0 Å². The SMILES string of the molecule is CCOC1(C(NC)c2cccc(OC)c2F)CCOCC1. The minimum Gasteiger partial charge on any atom is -0.494 e. The fourth-order valence-electron chi connectivity index (χ4n) is 3.13. The zero-order chi connectivity index (χ0) is 15.3. The molecule has 0 aromatic heterocycles. The van der Waals surface area contributed by atoms with Gasteiger partial charge in [-0.05, 0) is 20.0 Å². The summed E-state index contributed by atoms with van der Waals surface area (Å²) in [5, 5.41) is 3.23. The van der Waals surface area contributed by atoms with Crippen LogP contribution in [0.2, 0.25) is 0 Å². The summed E-state index contributed by atoms with van der Waals surface area (Å²) in [5.74, 6) is -0.0728. The van der Waals surface area contributed by atoms with Crippen molar-refractivity contribution in [2.45, 2.75) is 31.4 Å². The molecule has 2 rings (SSSR count). The van der Waals surface area contributed by atoms with Gasteiger partial charge in [0, 0.05) is 38.2 Å². The van der Waals surface area contributed by atoms with Crippen molar-refractivity contribution in [3.63, 3.8) is 0 Å². The standard InChI is InChI=1S/C16H24FNO3/c1-4-21-16(8-10-20-11-9-16)15(18-2)12-6-5-7-13(19-3)14(12)17/h5-7,15,18H,4,8-11H2,1-3H3. The van der Waals surface area contributed by atoms with E-state index in [2.05, 4.69) is 5.32 Å². The van der Waals surface area contributed by atoms with Crippen molar-refractivity contribution in [3.8, 4) is 5.75 Å². The van der Waals surface area contributed by atoms with Crippen molar-refractivity contribution >= 4 is 0 Å². The second-order valence-electron chi connectivity index (χ2n) is 5.20. The van der Waals surface area contributed by atoms with Crippen molar-refractivity contribution < 1.29 is 18.6 Å². The molecule has 118 valence electrons. The Morgan fingerprint density at radius 2 is 2.10 bits per heavy atom.